The van der Waals surface area contributed by atoms with E-state index in [9.17, 15) is 9.59 Å². The average molecular weight is 378 g/mol. The highest BCUT2D eigenvalue weighted by Crippen LogP contribution is 2.38. The molecule has 1 aliphatic heterocycles. The number of nitrogens with one attached hydrogen (secondary N) is 1. The number of carbonyl (C=O) groups excluding carboxylic acids is 2. The van der Waals surface area contributed by atoms with Crippen molar-refractivity contribution in [2.24, 2.45) is 5.41 Å². The predicted molar refractivity (Wildman–Crippen MR) is 112 cm³/mol. The molecule has 5 nitrogen and oxygen atoms in total. The van der Waals surface area contributed by atoms with E-state index in [-0.39, 0.29) is 11.8 Å². The Hall–Kier alpha value is -3.08. The zero-order valence-corrected chi connectivity index (χ0v) is 16.8. The molecule has 0 atom stereocenters. The normalized spacial score (nSPS) is 15.3. The van der Waals surface area contributed by atoms with E-state index < -0.39 is 5.41 Å². The highest BCUT2D eigenvalue weighted by Gasteiger charge is 2.37. The molecule has 0 saturated heterocycles. The third kappa shape index (κ3) is 3.93. The summed E-state index contributed by atoms with van der Waals surface area (Å²) in [6.45, 7) is 12.1. The Bertz CT molecular complexity index is 927. The summed E-state index contributed by atoms with van der Waals surface area (Å²) in [5.74, 6) is 0.386. The maximum atomic E-state index is 13.0. The first-order valence-electron chi connectivity index (χ1n) is 9.30. The molecule has 0 radical (unpaired) electrons. The fourth-order valence-electron chi connectivity index (χ4n) is 3.34. The van der Waals surface area contributed by atoms with Gasteiger partial charge >= 0.3 is 0 Å². The highest BCUT2D eigenvalue weighted by atomic mass is 16.5. The first-order valence-corrected chi connectivity index (χ1v) is 9.30. The van der Waals surface area contributed by atoms with Gasteiger partial charge in [-0.25, -0.2) is 0 Å². The highest BCUT2D eigenvalue weighted by molar-refractivity contribution is 6.05. The smallest absolute Gasteiger partial charge is 0.255 e. The van der Waals surface area contributed by atoms with Gasteiger partial charge in [0.2, 0.25) is 5.91 Å². The summed E-state index contributed by atoms with van der Waals surface area (Å²) in [6, 6.07) is 11.1. The number of hydrogen-bond acceptors (Lipinski definition) is 3. The van der Waals surface area contributed by atoms with Gasteiger partial charge in [-0.05, 0) is 58.0 Å². The monoisotopic (exact) mass is 378 g/mol. The number of benzene rings is 2. The molecular weight excluding hydrogens is 352 g/mol. The molecule has 2 aromatic rings. The number of anilines is 2. The minimum atomic E-state index is -0.648. The molecule has 3 rings (SSSR count). The second-order valence-electron chi connectivity index (χ2n) is 7.89. The Morgan fingerprint density at radius 3 is 2.54 bits per heavy atom. The van der Waals surface area contributed by atoms with Crippen molar-refractivity contribution in [3.05, 3.63) is 65.7 Å². The molecule has 0 spiro atoms. The number of rotatable bonds is 4. The lowest BCUT2D eigenvalue weighted by atomic mass is 9.93. The standard InChI is InChI=1S/C23H26N2O3/c1-6-9-25-19-13-18(7-8-20(19)28-14-23(4,5)22(25)27)24-21(26)17-11-15(2)10-16(3)12-17/h6-8,10-13H,1,9,14H2,2-5H3,(H,24,26). The summed E-state index contributed by atoms with van der Waals surface area (Å²) < 4.78 is 5.88. The molecule has 2 aromatic carbocycles. The zero-order valence-electron chi connectivity index (χ0n) is 16.8. The maximum absolute atomic E-state index is 13.0. The van der Waals surface area contributed by atoms with Gasteiger partial charge in [0.15, 0.2) is 0 Å². The van der Waals surface area contributed by atoms with Gasteiger partial charge in [0.25, 0.3) is 5.91 Å². The van der Waals surface area contributed by atoms with Crippen LogP contribution in [0, 0.1) is 19.3 Å². The summed E-state index contributed by atoms with van der Waals surface area (Å²) in [6.07, 6.45) is 1.68. The summed E-state index contributed by atoms with van der Waals surface area (Å²) in [5.41, 5.74) is 3.26. The number of ether oxygens (including phenoxy) is 1. The fourth-order valence-corrected chi connectivity index (χ4v) is 3.34. The molecule has 146 valence electrons. The second kappa shape index (κ2) is 7.50. The predicted octanol–water partition coefficient (Wildman–Crippen LogP) is 4.49. The molecule has 0 aliphatic carbocycles. The minimum absolute atomic E-state index is 0.0380. The summed E-state index contributed by atoms with van der Waals surface area (Å²) in [5, 5.41) is 2.92. The van der Waals surface area contributed by atoms with Crippen LogP contribution in [0.3, 0.4) is 0 Å². The number of amides is 2. The second-order valence-corrected chi connectivity index (χ2v) is 7.89. The minimum Gasteiger partial charge on any atom is -0.490 e. The summed E-state index contributed by atoms with van der Waals surface area (Å²) in [4.78, 5) is 27.3. The molecule has 0 aromatic heterocycles. The van der Waals surface area contributed by atoms with E-state index in [2.05, 4.69) is 11.9 Å². The first-order chi connectivity index (χ1) is 13.2. The van der Waals surface area contributed by atoms with Crippen LogP contribution in [0.2, 0.25) is 0 Å². The molecule has 1 heterocycles. The third-order valence-electron chi connectivity index (χ3n) is 4.72. The Kier molecular flexibility index (Phi) is 5.27. The Morgan fingerprint density at radius 1 is 1.21 bits per heavy atom. The largest absolute Gasteiger partial charge is 0.490 e. The van der Waals surface area contributed by atoms with Gasteiger partial charge in [-0.1, -0.05) is 23.3 Å². The SMILES string of the molecule is C=CCN1C(=O)C(C)(C)COc2ccc(NC(=O)c3cc(C)cc(C)c3)cc21. The average Bonchev–Trinajstić information content (AvgIpc) is 2.71. The summed E-state index contributed by atoms with van der Waals surface area (Å²) >= 11 is 0. The van der Waals surface area contributed by atoms with Gasteiger partial charge in [-0.3, -0.25) is 9.59 Å². The molecule has 1 aliphatic rings. The van der Waals surface area contributed by atoms with Crippen molar-refractivity contribution in [2.45, 2.75) is 27.7 Å². The molecule has 0 saturated carbocycles. The van der Waals surface area contributed by atoms with Crippen LogP contribution in [-0.4, -0.2) is 25.0 Å². The van der Waals surface area contributed by atoms with Crippen LogP contribution in [0.5, 0.6) is 5.75 Å². The van der Waals surface area contributed by atoms with Crippen molar-refractivity contribution in [2.75, 3.05) is 23.4 Å². The Balaban J connectivity index is 1.94. The van der Waals surface area contributed by atoms with Crippen molar-refractivity contribution in [1.29, 1.82) is 0 Å². The summed E-state index contributed by atoms with van der Waals surface area (Å²) in [7, 11) is 0. The van der Waals surface area contributed by atoms with Crippen molar-refractivity contribution in [3.63, 3.8) is 0 Å². The van der Waals surface area contributed by atoms with Crippen LogP contribution in [0.4, 0.5) is 11.4 Å². The van der Waals surface area contributed by atoms with E-state index in [0.717, 1.165) is 11.1 Å². The molecule has 2 amide bonds. The van der Waals surface area contributed by atoms with Crippen LogP contribution in [-0.2, 0) is 4.79 Å². The lowest BCUT2D eigenvalue weighted by Gasteiger charge is -2.27. The van der Waals surface area contributed by atoms with Gasteiger partial charge in [-0.15, -0.1) is 6.58 Å². The number of carbonyl (C=O) groups is 2. The van der Waals surface area contributed by atoms with Gasteiger partial charge in [-0.2, -0.15) is 0 Å². The molecule has 5 heteroatoms. The lowest BCUT2D eigenvalue weighted by Crippen LogP contribution is -2.42. The van der Waals surface area contributed by atoms with Crippen LogP contribution in [0.25, 0.3) is 0 Å². The van der Waals surface area contributed by atoms with E-state index in [1.807, 2.05) is 45.9 Å². The van der Waals surface area contributed by atoms with Gasteiger partial charge < -0.3 is 15.0 Å². The maximum Gasteiger partial charge on any atom is 0.255 e. The number of hydrogen-bond donors (Lipinski definition) is 1. The van der Waals surface area contributed by atoms with E-state index >= 15 is 0 Å². The van der Waals surface area contributed by atoms with Crippen LogP contribution in [0.1, 0.15) is 35.3 Å². The molecule has 0 unspecified atom stereocenters. The lowest BCUT2D eigenvalue weighted by molar-refractivity contribution is -0.127. The van der Waals surface area contributed by atoms with E-state index in [1.165, 1.54) is 0 Å². The topological polar surface area (TPSA) is 58.6 Å². The van der Waals surface area contributed by atoms with E-state index in [4.69, 9.17) is 4.74 Å². The van der Waals surface area contributed by atoms with Crippen molar-refractivity contribution in [3.8, 4) is 5.75 Å². The zero-order chi connectivity index (χ0) is 20.5. The molecule has 0 fully saturated rings. The van der Waals surface area contributed by atoms with Gasteiger partial charge in [0.1, 0.15) is 12.4 Å². The fraction of sp³-hybridized carbons (Fsp3) is 0.304. The first kappa shape index (κ1) is 19.7. The Labute approximate surface area is 166 Å². The van der Waals surface area contributed by atoms with Gasteiger partial charge in [0.05, 0.1) is 11.1 Å². The Morgan fingerprint density at radius 2 is 1.89 bits per heavy atom. The molecule has 28 heavy (non-hydrogen) atoms. The number of aryl methyl sites for hydroxylation is 2. The van der Waals surface area contributed by atoms with Crippen molar-refractivity contribution in [1.82, 2.24) is 0 Å². The van der Waals surface area contributed by atoms with Crippen molar-refractivity contribution >= 4 is 23.2 Å². The van der Waals surface area contributed by atoms with Crippen LogP contribution in [0.15, 0.2) is 49.1 Å². The van der Waals surface area contributed by atoms with Gasteiger partial charge in [0, 0.05) is 17.8 Å². The van der Waals surface area contributed by atoms with Crippen molar-refractivity contribution < 1.29 is 14.3 Å². The van der Waals surface area contributed by atoms with E-state index in [0.29, 0.717) is 35.8 Å². The molecular formula is C23H26N2O3. The van der Waals surface area contributed by atoms with Crippen LogP contribution >= 0.6 is 0 Å². The van der Waals surface area contributed by atoms with E-state index in [1.54, 1.807) is 29.2 Å². The number of fused-ring (bicyclic) bond motifs is 1. The molecule has 1 N–H and O–H groups in total. The third-order valence-corrected chi connectivity index (χ3v) is 4.72. The number of nitrogens with zero attached hydrogens (tertiary/aromatic N) is 1. The van der Waals surface area contributed by atoms with Crippen LogP contribution < -0.4 is 15.0 Å². The quantitative estimate of drug-likeness (QED) is 0.797. The molecule has 0 bridgehead atoms.